The molecule has 3 rings (SSSR count). The van der Waals surface area contributed by atoms with Gasteiger partial charge in [0.25, 0.3) is 0 Å². The van der Waals surface area contributed by atoms with E-state index in [9.17, 15) is 14.4 Å². The monoisotopic (exact) mass is 466 g/mol. The van der Waals surface area contributed by atoms with Gasteiger partial charge in [-0.15, -0.1) is 0 Å². The van der Waals surface area contributed by atoms with E-state index >= 15 is 0 Å². The average Bonchev–Trinajstić information content (AvgIpc) is 3.13. The van der Waals surface area contributed by atoms with E-state index in [1.165, 1.54) is 22.3 Å². The summed E-state index contributed by atoms with van der Waals surface area (Å²) >= 11 is 0. The van der Waals surface area contributed by atoms with E-state index in [2.05, 4.69) is 41.8 Å². The number of carbonyl (C=O) groups is 3. The smallest absolute Gasteiger partial charge is 0.407 e. The van der Waals surface area contributed by atoms with Crippen molar-refractivity contribution in [2.45, 2.75) is 57.9 Å². The van der Waals surface area contributed by atoms with Crippen molar-refractivity contribution in [1.29, 1.82) is 0 Å². The maximum atomic E-state index is 12.3. The van der Waals surface area contributed by atoms with Crippen LogP contribution in [-0.4, -0.2) is 42.3 Å². The van der Waals surface area contributed by atoms with Crippen LogP contribution in [0.1, 0.15) is 63.0 Å². The van der Waals surface area contributed by atoms with E-state index in [4.69, 9.17) is 9.84 Å². The molecule has 0 aromatic heterocycles. The Morgan fingerprint density at radius 3 is 2.21 bits per heavy atom. The first-order chi connectivity index (χ1) is 16.4. The average molecular weight is 467 g/mol. The topological polar surface area (TPSA) is 105 Å². The molecule has 0 saturated heterocycles. The van der Waals surface area contributed by atoms with Crippen LogP contribution in [0.5, 0.6) is 0 Å². The Labute approximate surface area is 200 Å². The van der Waals surface area contributed by atoms with Gasteiger partial charge >= 0.3 is 12.1 Å². The molecule has 7 heteroatoms. The molecule has 3 N–H and O–H groups in total. The lowest BCUT2D eigenvalue weighted by Crippen LogP contribution is -2.34. The van der Waals surface area contributed by atoms with E-state index in [1.54, 1.807) is 6.92 Å². The van der Waals surface area contributed by atoms with Gasteiger partial charge < -0.3 is 20.5 Å². The van der Waals surface area contributed by atoms with Crippen molar-refractivity contribution in [2.24, 2.45) is 5.92 Å². The molecule has 1 aliphatic carbocycles. The summed E-state index contributed by atoms with van der Waals surface area (Å²) in [7, 11) is 0. The van der Waals surface area contributed by atoms with Crippen molar-refractivity contribution in [1.82, 2.24) is 10.6 Å². The van der Waals surface area contributed by atoms with Crippen LogP contribution in [-0.2, 0) is 14.3 Å². The summed E-state index contributed by atoms with van der Waals surface area (Å²) in [6.45, 7) is 4.50. The molecule has 1 aliphatic rings. The number of ether oxygens (including phenoxy) is 1. The van der Waals surface area contributed by atoms with Crippen LogP contribution < -0.4 is 10.6 Å². The predicted octanol–water partition coefficient (Wildman–Crippen LogP) is 4.70. The summed E-state index contributed by atoms with van der Waals surface area (Å²) in [5.41, 5.74) is 4.75. The Morgan fingerprint density at radius 1 is 1.00 bits per heavy atom. The number of aliphatic carboxylic acids is 1. The third-order valence-electron chi connectivity index (χ3n) is 6.41. The third kappa shape index (κ3) is 6.83. The molecule has 34 heavy (non-hydrogen) atoms. The van der Waals surface area contributed by atoms with Crippen LogP contribution in [0.3, 0.4) is 0 Å². The summed E-state index contributed by atoms with van der Waals surface area (Å²) in [5, 5.41) is 14.3. The number of amides is 2. The maximum Gasteiger partial charge on any atom is 0.407 e. The van der Waals surface area contributed by atoms with Crippen LogP contribution in [0.25, 0.3) is 11.1 Å². The van der Waals surface area contributed by atoms with E-state index in [1.807, 2.05) is 24.3 Å². The Bertz CT molecular complexity index is 961. The van der Waals surface area contributed by atoms with E-state index in [0.717, 1.165) is 12.8 Å². The van der Waals surface area contributed by atoms with E-state index in [-0.39, 0.29) is 36.8 Å². The minimum atomic E-state index is -0.932. The third-order valence-corrected chi connectivity index (χ3v) is 6.41. The van der Waals surface area contributed by atoms with Crippen LogP contribution >= 0.6 is 0 Å². The number of carboxylic acids is 1. The molecule has 0 aliphatic heterocycles. The van der Waals surface area contributed by atoms with Gasteiger partial charge in [-0.1, -0.05) is 61.9 Å². The highest BCUT2D eigenvalue weighted by Crippen LogP contribution is 2.44. The zero-order chi connectivity index (χ0) is 24.5. The van der Waals surface area contributed by atoms with Crippen molar-refractivity contribution in [2.75, 3.05) is 13.2 Å². The fourth-order valence-electron chi connectivity index (χ4n) is 4.58. The van der Waals surface area contributed by atoms with E-state index in [0.29, 0.717) is 19.4 Å². The number of nitrogens with one attached hydrogen (secondary N) is 2. The molecule has 0 spiro atoms. The lowest BCUT2D eigenvalue weighted by Gasteiger charge is -2.17. The van der Waals surface area contributed by atoms with Crippen LogP contribution in [0, 0.1) is 5.92 Å². The number of benzene rings is 2. The molecule has 0 fully saturated rings. The van der Waals surface area contributed by atoms with Crippen molar-refractivity contribution in [3.8, 4) is 11.1 Å². The molecule has 7 nitrogen and oxygen atoms in total. The minimum Gasteiger partial charge on any atom is -0.481 e. The first-order valence-corrected chi connectivity index (χ1v) is 12.0. The summed E-state index contributed by atoms with van der Waals surface area (Å²) in [6, 6.07) is 16.1. The quantitative estimate of drug-likeness (QED) is 0.421. The van der Waals surface area contributed by atoms with Gasteiger partial charge in [-0.05, 0) is 47.9 Å². The van der Waals surface area contributed by atoms with Crippen LogP contribution in [0.15, 0.2) is 48.5 Å². The molecule has 0 radical (unpaired) electrons. The van der Waals surface area contributed by atoms with Gasteiger partial charge in [0.15, 0.2) is 0 Å². The summed E-state index contributed by atoms with van der Waals surface area (Å²) in [6.07, 6.45) is 2.15. The molecular formula is C27H34N2O5. The van der Waals surface area contributed by atoms with Crippen molar-refractivity contribution in [3.05, 3.63) is 59.7 Å². The number of carboxylic acid groups (broad SMARTS) is 1. The minimum absolute atomic E-state index is 0.0311. The van der Waals surface area contributed by atoms with Gasteiger partial charge in [0, 0.05) is 24.9 Å². The highest BCUT2D eigenvalue weighted by atomic mass is 16.5. The standard InChI is InChI=1S/C27H34N2O5/c1-3-19(12-13-25(30)29-18(2)16-26(31)32)14-15-28-27(33)34-17-24-22-10-6-4-8-20(22)21-9-5-7-11-23(21)24/h4-11,18-19,24H,3,12-17H2,1-2H3,(H,28,33)(H,29,30)(H,31,32). The molecule has 2 unspecified atom stereocenters. The molecule has 2 atom stereocenters. The van der Waals surface area contributed by atoms with Crippen molar-refractivity contribution < 1.29 is 24.2 Å². The molecule has 0 heterocycles. The normalized spacial score (nSPS) is 13.9. The number of hydrogen-bond donors (Lipinski definition) is 3. The van der Waals surface area contributed by atoms with Gasteiger partial charge in [-0.2, -0.15) is 0 Å². The fraction of sp³-hybridized carbons (Fsp3) is 0.444. The van der Waals surface area contributed by atoms with Crippen molar-refractivity contribution >= 4 is 18.0 Å². The number of alkyl carbamates (subject to hydrolysis) is 1. The Morgan fingerprint density at radius 2 is 1.62 bits per heavy atom. The van der Waals surface area contributed by atoms with Crippen LogP contribution in [0.4, 0.5) is 4.79 Å². The first kappa shape index (κ1) is 25.3. The number of hydrogen-bond acceptors (Lipinski definition) is 4. The van der Waals surface area contributed by atoms with Gasteiger partial charge in [0.1, 0.15) is 6.61 Å². The summed E-state index contributed by atoms with van der Waals surface area (Å²) < 4.78 is 5.57. The van der Waals surface area contributed by atoms with Crippen LogP contribution in [0.2, 0.25) is 0 Å². The lowest BCUT2D eigenvalue weighted by atomic mass is 9.96. The van der Waals surface area contributed by atoms with Gasteiger partial charge in [0.05, 0.1) is 6.42 Å². The predicted molar refractivity (Wildman–Crippen MR) is 131 cm³/mol. The zero-order valence-corrected chi connectivity index (χ0v) is 19.9. The fourth-order valence-corrected chi connectivity index (χ4v) is 4.58. The summed E-state index contributed by atoms with van der Waals surface area (Å²) in [5.74, 6) is -0.756. The molecule has 2 amide bonds. The maximum absolute atomic E-state index is 12.3. The second-order valence-electron chi connectivity index (χ2n) is 8.92. The second-order valence-corrected chi connectivity index (χ2v) is 8.92. The number of carbonyl (C=O) groups excluding carboxylic acids is 2. The Hall–Kier alpha value is -3.35. The number of rotatable bonds is 12. The molecule has 0 saturated carbocycles. The molecule has 2 aromatic carbocycles. The molecule has 2 aromatic rings. The Balaban J connectivity index is 1.40. The SMILES string of the molecule is CCC(CCNC(=O)OCC1c2ccccc2-c2ccccc21)CCC(=O)NC(C)CC(=O)O. The lowest BCUT2D eigenvalue weighted by molar-refractivity contribution is -0.137. The number of fused-ring (bicyclic) bond motifs is 3. The highest BCUT2D eigenvalue weighted by molar-refractivity contribution is 5.79. The Kier molecular flexibility index (Phi) is 9.08. The summed E-state index contributed by atoms with van der Waals surface area (Å²) in [4.78, 5) is 35.1. The molecule has 0 bridgehead atoms. The van der Waals surface area contributed by atoms with Gasteiger partial charge in [-0.25, -0.2) is 4.79 Å². The zero-order valence-electron chi connectivity index (χ0n) is 19.9. The van der Waals surface area contributed by atoms with E-state index < -0.39 is 12.1 Å². The first-order valence-electron chi connectivity index (χ1n) is 12.0. The van der Waals surface area contributed by atoms with Gasteiger partial charge in [-0.3, -0.25) is 9.59 Å². The highest BCUT2D eigenvalue weighted by Gasteiger charge is 2.29. The molecule has 182 valence electrons. The largest absolute Gasteiger partial charge is 0.481 e. The van der Waals surface area contributed by atoms with Crippen molar-refractivity contribution in [3.63, 3.8) is 0 Å². The second kappa shape index (κ2) is 12.2. The van der Waals surface area contributed by atoms with Gasteiger partial charge in [0.2, 0.25) is 5.91 Å². The molecular weight excluding hydrogens is 432 g/mol.